The van der Waals surface area contributed by atoms with E-state index in [1.165, 1.54) is 6.42 Å². The largest absolute Gasteiger partial charge is 0.377 e. The number of ether oxygens (including phenoxy) is 1. The van der Waals surface area contributed by atoms with Crippen LogP contribution in [0.3, 0.4) is 0 Å². The highest BCUT2D eigenvalue weighted by molar-refractivity contribution is 6.30. The minimum absolute atomic E-state index is 0.137. The van der Waals surface area contributed by atoms with Crippen molar-refractivity contribution in [1.82, 2.24) is 5.32 Å². The molecule has 0 radical (unpaired) electrons. The highest BCUT2D eigenvalue weighted by Gasteiger charge is 2.24. The first-order valence-corrected chi connectivity index (χ1v) is 6.82. The number of hydrogen-bond donors (Lipinski definition) is 1. The Labute approximate surface area is 112 Å². The summed E-state index contributed by atoms with van der Waals surface area (Å²) in [7, 11) is 1.89. The average Bonchev–Trinajstić information content (AvgIpc) is 2.41. The topological polar surface area (TPSA) is 21.3 Å². The molecule has 18 heavy (non-hydrogen) atoms. The van der Waals surface area contributed by atoms with E-state index in [1.54, 1.807) is 18.2 Å². The lowest BCUT2D eigenvalue weighted by molar-refractivity contribution is -0.00600. The Morgan fingerprint density at radius 2 is 2.33 bits per heavy atom. The van der Waals surface area contributed by atoms with Crippen molar-refractivity contribution < 1.29 is 9.13 Å². The molecule has 2 atom stereocenters. The number of likely N-dealkylation sites (N-methyl/N-ethyl adjacent to an activating group) is 1. The van der Waals surface area contributed by atoms with Gasteiger partial charge in [-0.1, -0.05) is 23.7 Å². The van der Waals surface area contributed by atoms with Crippen LogP contribution in [-0.2, 0) is 11.2 Å². The van der Waals surface area contributed by atoms with Gasteiger partial charge in [-0.15, -0.1) is 0 Å². The van der Waals surface area contributed by atoms with Gasteiger partial charge in [-0.3, -0.25) is 0 Å². The van der Waals surface area contributed by atoms with E-state index in [-0.39, 0.29) is 23.0 Å². The molecule has 0 saturated carbocycles. The lowest BCUT2D eigenvalue weighted by Crippen LogP contribution is -2.42. The Morgan fingerprint density at radius 3 is 3.00 bits per heavy atom. The fourth-order valence-corrected chi connectivity index (χ4v) is 2.64. The van der Waals surface area contributed by atoms with Crippen LogP contribution in [0.25, 0.3) is 0 Å². The van der Waals surface area contributed by atoms with Crippen LogP contribution in [0.15, 0.2) is 18.2 Å². The van der Waals surface area contributed by atoms with E-state index in [0.29, 0.717) is 12.0 Å². The third kappa shape index (κ3) is 3.22. The summed E-state index contributed by atoms with van der Waals surface area (Å²) >= 11 is 5.80. The monoisotopic (exact) mass is 271 g/mol. The first-order valence-electron chi connectivity index (χ1n) is 6.44. The summed E-state index contributed by atoms with van der Waals surface area (Å²) in [4.78, 5) is 0. The molecular weight excluding hydrogens is 253 g/mol. The van der Waals surface area contributed by atoms with Crippen molar-refractivity contribution in [2.24, 2.45) is 0 Å². The zero-order valence-corrected chi connectivity index (χ0v) is 11.3. The standard InChI is InChI=1S/C14H19ClFNO/c1-17-12(13-7-2-3-8-18-13)9-10-5-4-6-11(15)14(10)16/h4-6,12-13,17H,2-3,7-9H2,1H3. The van der Waals surface area contributed by atoms with Gasteiger partial charge >= 0.3 is 0 Å². The molecule has 1 aromatic carbocycles. The summed E-state index contributed by atoms with van der Waals surface area (Å²) in [5, 5.41) is 3.42. The quantitative estimate of drug-likeness (QED) is 0.908. The van der Waals surface area contributed by atoms with Gasteiger partial charge in [-0.05, 0) is 44.4 Å². The Kier molecular flexibility index (Phi) is 4.98. The molecule has 4 heteroatoms. The molecule has 2 unspecified atom stereocenters. The molecule has 0 aromatic heterocycles. The minimum Gasteiger partial charge on any atom is -0.377 e. The Hall–Kier alpha value is -0.640. The van der Waals surface area contributed by atoms with Crippen molar-refractivity contribution in [3.05, 3.63) is 34.6 Å². The zero-order valence-electron chi connectivity index (χ0n) is 10.6. The van der Waals surface area contributed by atoms with Gasteiger partial charge in [-0.2, -0.15) is 0 Å². The molecule has 0 spiro atoms. The molecule has 1 N–H and O–H groups in total. The van der Waals surface area contributed by atoms with E-state index in [0.717, 1.165) is 19.4 Å². The molecule has 0 bridgehead atoms. The van der Waals surface area contributed by atoms with Crippen molar-refractivity contribution >= 4 is 11.6 Å². The molecule has 2 nitrogen and oxygen atoms in total. The van der Waals surface area contributed by atoms with E-state index in [9.17, 15) is 4.39 Å². The smallest absolute Gasteiger partial charge is 0.145 e. The summed E-state index contributed by atoms with van der Waals surface area (Å²) in [6.07, 6.45) is 4.11. The average molecular weight is 272 g/mol. The highest BCUT2D eigenvalue weighted by Crippen LogP contribution is 2.22. The van der Waals surface area contributed by atoms with Gasteiger partial charge in [0.15, 0.2) is 0 Å². The first kappa shape index (κ1) is 13.8. The predicted molar refractivity (Wildman–Crippen MR) is 71.6 cm³/mol. The minimum atomic E-state index is -0.310. The van der Waals surface area contributed by atoms with Gasteiger partial charge in [0.05, 0.1) is 11.1 Å². The lowest BCUT2D eigenvalue weighted by atomic mass is 9.96. The van der Waals surface area contributed by atoms with E-state index in [2.05, 4.69) is 5.32 Å². The van der Waals surface area contributed by atoms with Crippen molar-refractivity contribution in [2.45, 2.75) is 37.8 Å². The SMILES string of the molecule is CNC(Cc1cccc(Cl)c1F)C1CCCCO1. The van der Waals surface area contributed by atoms with Crippen molar-refractivity contribution in [3.8, 4) is 0 Å². The summed E-state index contributed by atoms with van der Waals surface area (Å²) in [6.45, 7) is 0.806. The van der Waals surface area contributed by atoms with Crippen LogP contribution in [0, 0.1) is 5.82 Å². The van der Waals surface area contributed by atoms with Crippen molar-refractivity contribution in [1.29, 1.82) is 0 Å². The molecule has 1 aromatic rings. The van der Waals surface area contributed by atoms with Crippen LogP contribution in [-0.4, -0.2) is 25.8 Å². The van der Waals surface area contributed by atoms with E-state index in [1.807, 2.05) is 7.05 Å². The summed E-state index contributed by atoms with van der Waals surface area (Å²) in [5.74, 6) is -0.310. The molecule has 100 valence electrons. The van der Waals surface area contributed by atoms with E-state index < -0.39 is 0 Å². The van der Waals surface area contributed by atoms with Gasteiger partial charge in [0.25, 0.3) is 0 Å². The maximum absolute atomic E-state index is 13.9. The van der Waals surface area contributed by atoms with Gasteiger partial charge in [0, 0.05) is 12.6 Å². The van der Waals surface area contributed by atoms with E-state index >= 15 is 0 Å². The fourth-order valence-electron chi connectivity index (χ4n) is 2.45. The molecule has 1 heterocycles. The number of benzene rings is 1. The first-order chi connectivity index (χ1) is 8.72. The molecule has 2 rings (SSSR count). The van der Waals surface area contributed by atoms with Crippen molar-refractivity contribution in [3.63, 3.8) is 0 Å². The normalized spacial score (nSPS) is 21.8. The third-order valence-corrected chi connectivity index (χ3v) is 3.80. The van der Waals surface area contributed by atoms with E-state index in [4.69, 9.17) is 16.3 Å². The number of nitrogens with one attached hydrogen (secondary N) is 1. The van der Waals surface area contributed by atoms with Gasteiger partial charge < -0.3 is 10.1 Å². The molecule has 1 aliphatic heterocycles. The predicted octanol–water partition coefficient (Wildman–Crippen LogP) is 3.18. The molecule has 0 amide bonds. The van der Waals surface area contributed by atoms with Crippen LogP contribution in [0.2, 0.25) is 5.02 Å². The maximum Gasteiger partial charge on any atom is 0.145 e. The fraction of sp³-hybridized carbons (Fsp3) is 0.571. The number of hydrogen-bond acceptors (Lipinski definition) is 2. The summed E-state index contributed by atoms with van der Waals surface area (Å²) in [6, 6.07) is 5.29. The maximum atomic E-state index is 13.9. The highest BCUT2D eigenvalue weighted by atomic mass is 35.5. The molecule has 1 aliphatic rings. The Morgan fingerprint density at radius 1 is 1.50 bits per heavy atom. The number of rotatable bonds is 4. The summed E-state index contributed by atoms with van der Waals surface area (Å²) < 4.78 is 19.6. The second kappa shape index (κ2) is 6.50. The third-order valence-electron chi connectivity index (χ3n) is 3.51. The zero-order chi connectivity index (χ0) is 13.0. The Bertz CT molecular complexity index is 393. The molecular formula is C14H19ClFNO. The molecule has 0 aliphatic carbocycles. The second-order valence-electron chi connectivity index (χ2n) is 4.72. The second-order valence-corrected chi connectivity index (χ2v) is 5.12. The van der Waals surface area contributed by atoms with Crippen LogP contribution in [0.5, 0.6) is 0 Å². The summed E-state index contributed by atoms with van der Waals surface area (Å²) in [5.41, 5.74) is 0.649. The van der Waals surface area contributed by atoms with Gasteiger partial charge in [0.1, 0.15) is 5.82 Å². The molecule has 1 fully saturated rings. The Balaban J connectivity index is 2.07. The van der Waals surface area contributed by atoms with Gasteiger partial charge in [-0.25, -0.2) is 4.39 Å². The lowest BCUT2D eigenvalue weighted by Gasteiger charge is -2.30. The van der Waals surface area contributed by atoms with Crippen LogP contribution in [0.4, 0.5) is 4.39 Å². The van der Waals surface area contributed by atoms with Crippen LogP contribution >= 0.6 is 11.6 Å². The van der Waals surface area contributed by atoms with Gasteiger partial charge in [0.2, 0.25) is 0 Å². The number of halogens is 2. The van der Waals surface area contributed by atoms with Crippen molar-refractivity contribution in [2.75, 3.05) is 13.7 Å². The van der Waals surface area contributed by atoms with Crippen LogP contribution < -0.4 is 5.32 Å². The van der Waals surface area contributed by atoms with Crippen LogP contribution in [0.1, 0.15) is 24.8 Å². The molecule has 1 saturated heterocycles.